The molecule has 16 heteroatoms. The summed E-state index contributed by atoms with van der Waals surface area (Å²) in [4.78, 5) is 13.6. The van der Waals surface area contributed by atoms with Crippen LogP contribution in [0.3, 0.4) is 0 Å². The fourth-order valence-corrected chi connectivity index (χ4v) is 4.84. The van der Waals surface area contributed by atoms with E-state index in [1.807, 2.05) is 0 Å². The molecule has 0 spiro atoms. The number of fused-ring (bicyclic) bond motifs is 1. The van der Waals surface area contributed by atoms with Crippen molar-refractivity contribution in [3.8, 4) is 40.1 Å². The average Bonchev–Trinajstić information content (AvgIpc) is 2.96. The Hall–Kier alpha value is -3.71. The van der Waals surface area contributed by atoms with Gasteiger partial charge in [0, 0.05) is 17.7 Å². The topological polar surface area (TPSA) is 269 Å². The molecule has 0 aliphatic carbocycles. The second kappa shape index (κ2) is 11.8. The van der Waals surface area contributed by atoms with Crippen LogP contribution in [-0.4, -0.2) is 119 Å². The van der Waals surface area contributed by atoms with Crippen LogP contribution < -0.4 is 10.2 Å². The van der Waals surface area contributed by atoms with Crippen LogP contribution in [0.15, 0.2) is 39.5 Å². The molecule has 0 saturated carbocycles. The summed E-state index contributed by atoms with van der Waals surface area (Å²) in [6.07, 6.45) is -16.2. The minimum absolute atomic E-state index is 0.0313. The highest BCUT2D eigenvalue weighted by Crippen LogP contribution is 2.39. The molecule has 10 N–H and O–H groups in total. The summed E-state index contributed by atoms with van der Waals surface area (Å²) in [7, 11) is 0. The van der Waals surface area contributed by atoms with E-state index < -0.39 is 113 Å². The molecular formula is C27H30O16. The lowest BCUT2D eigenvalue weighted by Crippen LogP contribution is -2.61. The van der Waals surface area contributed by atoms with Gasteiger partial charge >= 0.3 is 0 Å². The molecule has 2 aliphatic rings. The van der Waals surface area contributed by atoms with Crippen molar-refractivity contribution in [1.29, 1.82) is 0 Å². The Kier molecular flexibility index (Phi) is 8.41. The van der Waals surface area contributed by atoms with Gasteiger partial charge in [-0.1, -0.05) is 0 Å². The van der Waals surface area contributed by atoms with Crippen LogP contribution in [0.25, 0.3) is 22.3 Å². The van der Waals surface area contributed by atoms with Gasteiger partial charge in [-0.3, -0.25) is 4.79 Å². The highest BCUT2D eigenvalue weighted by atomic mass is 16.7. The van der Waals surface area contributed by atoms with E-state index in [1.54, 1.807) is 0 Å². The van der Waals surface area contributed by atoms with E-state index in [2.05, 4.69) is 0 Å². The number of aromatic hydroxyl groups is 4. The van der Waals surface area contributed by atoms with Crippen LogP contribution in [0.2, 0.25) is 0 Å². The number of aliphatic hydroxyl groups is 6. The highest BCUT2D eigenvalue weighted by Gasteiger charge is 2.47. The lowest BCUT2D eigenvalue weighted by Gasteiger charge is -2.42. The summed E-state index contributed by atoms with van der Waals surface area (Å²) >= 11 is 0. The molecule has 2 aromatic carbocycles. The van der Waals surface area contributed by atoms with Gasteiger partial charge in [-0.2, -0.15) is 0 Å². The second-order valence-electron chi connectivity index (χ2n) is 10.3. The van der Waals surface area contributed by atoms with Gasteiger partial charge < -0.3 is 74.4 Å². The molecule has 1 aromatic heterocycles. The summed E-state index contributed by atoms with van der Waals surface area (Å²) in [6, 6.07) is 5.24. The van der Waals surface area contributed by atoms with Crippen molar-refractivity contribution in [2.24, 2.45) is 0 Å². The van der Waals surface area contributed by atoms with E-state index in [1.165, 1.54) is 13.0 Å². The molecule has 43 heavy (non-hydrogen) atoms. The summed E-state index contributed by atoms with van der Waals surface area (Å²) in [6.45, 7) is 0.818. The number of phenolic OH excluding ortho intramolecular Hbond substituents is 4. The zero-order valence-corrected chi connectivity index (χ0v) is 22.3. The Morgan fingerprint density at radius 2 is 1.42 bits per heavy atom. The standard InChI is InChI=1S/C27H30O16/c1-8-17(32)20(35)22(37)26(40-8)39-7-15-18(33)21(36)23(38)27(42-15)43-25-19(34)16-13(31)5-10(28)6-14(16)41-24(25)9-2-3-11(29)12(30)4-9/h2-6,8,15,17-18,20-23,26-33,35-38H,7H2,1H3/t8?,15?,17?,18?,20?,21?,22?,23?,26-,27?/m0/s1. The first-order chi connectivity index (χ1) is 20.3. The van der Waals surface area contributed by atoms with Crippen molar-refractivity contribution < 1.29 is 74.4 Å². The van der Waals surface area contributed by atoms with E-state index in [0.29, 0.717) is 0 Å². The zero-order valence-electron chi connectivity index (χ0n) is 22.3. The first-order valence-corrected chi connectivity index (χ1v) is 13.0. The second-order valence-corrected chi connectivity index (χ2v) is 10.3. The maximum Gasteiger partial charge on any atom is 0.239 e. The third-order valence-corrected chi connectivity index (χ3v) is 7.29. The Morgan fingerprint density at radius 1 is 0.744 bits per heavy atom. The van der Waals surface area contributed by atoms with E-state index in [-0.39, 0.29) is 11.1 Å². The summed E-state index contributed by atoms with van der Waals surface area (Å²) < 4.78 is 27.8. The van der Waals surface area contributed by atoms with Gasteiger partial charge in [-0.25, -0.2) is 0 Å². The molecule has 2 fully saturated rings. The molecule has 2 saturated heterocycles. The maximum absolute atomic E-state index is 13.6. The number of benzene rings is 2. The first kappa shape index (κ1) is 30.7. The summed E-state index contributed by atoms with van der Waals surface area (Å²) in [5.41, 5.74) is -1.35. The molecule has 3 heterocycles. The van der Waals surface area contributed by atoms with E-state index in [0.717, 1.165) is 24.3 Å². The van der Waals surface area contributed by atoms with Crippen molar-refractivity contribution in [2.75, 3.05) is 6.61 Å². The van der Waals surface area contributed by atoms with Crippen molar-refractivity contribution in [3.05, 3.63) is 40.6 Å². The van der Waals surface area contributed by atoms with E-state index in [9.17, 15) is 55.9 Å². The van der Waals surface area contributed by atoms with Crippen molar-refractivity contribution >= 4 is 11.0 Å². The molecule has 9 unspecified atom stereocenters. The number of hydrogen-bond donors (Lipinski definition) is 10. The maximum atomic E-state index is 13.6. The van der Waals surface area contributed by atoms with E-state index >= 15 is 0 Å². The third-order valence-electron chi connectivity index (χ3n) is 7.29. The van der Waals surface area contributed by atoms with Gasteiger partial charge in [0.1, 0.15) is 65.2 Å². The predicted octanol–water partition coefficient (Wildman–Crippen LogP) is -1.69. The van der Waals surface area contributed by atoms with Crippen LogP contribution >= 0.6 is 0 Å². The Morgan fingerprint density at radius 3 is 2.12 bits per heavy atom. The fraction of sp³-hybridized carbons (Fsp3) is 0.444. The van der Waals surface area contributed by atoms with Gasteiger partial charge in [-0.15, -0.1) is 0 Å². The molecular weight excluding hydrogens is 580 g/mol. The normalized spacial score (nSPS) is 33.0. The van der Waals surface area contributed by atoms with Crippen molar-refractivity contribution in [1.82, 2.24) is 0 Å². The molecule has 234 valence electrons. The number of aliphatic hydroxyl groups excluding tert-OH is 6. The van der Waals surface area contributed by atoms with Gasteiger partial charge in [0.2, 0.25) is 17.5 Å². The van der Waals surface area contributed by atoms with Crippen LogP contribution in [0.4, 0.5) is 0 Å². The quantitative estimate of drug-likeness (QED) is 0.140. The van der Waals surface area contributed by atoms with Gasteiger partial charge in [0.25, 0.3) is 0 Å². The van der Waals surface area contributed by atoms with Crippen molar-refractivity contribution in [3.63, 3.8) is 0 Å². The van der Waals surface area contributed by atoms with Crippen LogP contribution in [-0.2, 0) is 14.2 Å². The number of phenols is 4. The zero-order chi connectivity index (χ0) is 31.3. The van der Waals surface area contributed by atoms with Gasteiger partial charge in [-0.05, 0) is 25.1 Å². The Bertz CT molecular complexity index is 1540. The van der Waals surface area contributed by atoms with Crippen LogP contribution in [0.1, 0.15) is 6.92 Å². The lowest BCUT2D eigenvalue weighted by molar-refractivity contribution is -0.318. The third kappa shape index (κ3) is 5.67. The molecule has 10 atom stereocenters. The minimum Gasteiger partial charge on any atom is -0.508 e. The average molecular weight is 611 g/mol. The molecule has 5 rings (SSSR count). The Balaban J connectivity index is 1.48. The van der Waals surface area contributed by atoms with Crippen molar-refractivity contribution in [2.45, 2.75) is 68.3 Å². The number of hydrogen-bond acceptors (Lipinski definition) is 16. The highest BCUT2D eigenvalue weighted by molar-refractivity contribution is 5.88. The molecule has 2 aliphatic heterocycles. The molecule has 0 bridgehead atoms. The smallest absolute Gasteiger partial charge is 0.239 e. The predicted molar refractivity (Wildman–Crippen MR) is 140 cm³/mol. The van der Waals surface area contributed by atoms with Gasteiger partial charge in [0.05, 0.1) is 12.7 Å². The first-order valence-electron chi connectivity index (χ1n) is 13.0. The fourth-order valence-electron chi connectivity index (χ4n) is 4.84. The molecule has 0 radical (unpaired) electrons. The monoisotopic (exact) mass is 610 g/mol. The summed E-state index contributed by atoms with van der Waals surface area (Å²) in [5.74, 6) is -3.33. The Labute approximate surface area is 241 Å². The van der Waals surface area contributed by atoms with Crippen LogP contribution in [0, 0.1) is 0 Å². The number of ether oxygens (including phenoxy) is 4. The largest absolute Gasteiger partial charge is 0.508 e. The molecule has 0 amide bonds. The summed E-state index contributed by atoms with van der Waals surface area (Å²) in [5, 5.41) is 101. The SMILES string of the molecule is CC1O[C@H](OCC2OC(Oc3c(-c4ccc(O)c(O)c4)oc4cc(O)cc(O)c4c3=O)C(O)C(O)C2O)C(O)C(O)C1O. The molecule has 3 aromatic rings. The van der Waals surface area contributed by atoms with Crippen LogP contribution in [0.5, 0.6) is 28.7 Å². The minimum atomic E-state index is -1.97. The number of rotatable bonds is 6. The van der Waals surface area contributed by atoms with Gasteiger partial charge in [0.15, 0.2) is 23.5 Å². The van der Waals surface area contributed by atoms with E-state index in [4.69, 9.17) is 23.4 Å². The lowest BCUT2D eigenvalue weighted by atomic mass is 9.98. The molecule has 16 nitrogen and oxygen atoms in total.